The Balaban J connectivity index is 1.45. The molecule has 0 radical (unpaired) electrons. The third kappa shape index (κ3) is 3.70. The van der Waals surface area contributed by atoms with Crippen molar-refractivity contribution < 1.29 is 4.79 Å². The predicted molar refractivity (Wildman–Crippen MR) is 89.5 cm³/mol. The number of carbonyl (C=O) groups is 1. The molecule has 3 heteroatoms. The molecular weight excluding hydrogens is 272 g/mol. The molecule has 1 heterocycles. The van der Waals surface area contributed by atoms with E-state index < -0.39 is 0 Å². The van der Waals surface area contributed by atoms with E-state index in [0.717, 1.165) is 25.9 Å². The molecule has 2 aliphatic rings. The first-order chi connectivity index (χ1) is 10.8. The Hall–Kier alpha value is -1.35. The van der Waals surface area contributed by atoms with Gasteiger partial charge >= 0.3 is 0 Å². The first kappa shape index (κ1) is 15.5. The van der Waals surface area contributed by atoms with Crippen LogP contribution in [0.3, 0.4) is 0 Å². The summed E-state index contributed by atoms with van der Waals surface area (Å²) in [6, 6.07) is 10.8. The average molecular weight is 300 g/mol. The molecule has 0 aromatic heterocycles. The highest BCUT2D eigenvalue weighted by Gasteiger charge is 2.29. The van der Waals surface area contributed by atoms with E-state index in [-0.39, 0.29) is 0 Å². The maximum Gasteiger partial charge on any atom is 0.222 e. The van der Waals surface area contributed by atoms with Crippen LogP contribution >= 0.6 is 0 Å². The minimum absolute atomic E-state index is 0.360. The Kier molecular flexibility index (Phi) is 5.14. The molecule has 1 aliphatic carbocycles. The largest absolute Gasteiger partial charge is 0.342 e. The van der Waals surface area contributed by atoms with Crippen molar-refractivity contribution in [2.45, 2.75) is 44.4 Å². The highest BCUT2D eigenvalue weighted by molar-refractivity contribution is 5.76. The zero-order chi connectivity index (χ0) is 15.4. The molecule has 1 saturated carbocycles. The lowest BCUT2D eigenvalue weighted by Gasteiger charge is -2.29. The molecule has 120 valence electrons. The molecule has 1 aromatic rings. The molecule has 1 atom stereocenters. The summed E-state index contributed by atoms with van der Waals surface area (Å²) in [4.78, 5) is 14.5. The van der Waals surface area contributed by atoms with Gasteiger partial charge in [-0.1, -0.05) is 30.3 Å². The Morgan fingerprint density at radius 3 is 2.41 bits per heavy atom. The van der Waals surface area contributed by atoms with Gasteiger partial charge in [0.1, 0.15) is 0 Å². The third-order valence-electron chi connectivity index (χ3n) is 5.55. The second-order valence-electron chi connectivity index (χ2n) is 7.06. The fraction of sp³-hybridized carbons (Fsp3) is 0.632. The normalized spacial score (nSPS) is 28.8. The van der Waals surface area contributed by atoms with Gasteiger partial charge in [0.25, 0.3) is 0 Å². The molecule has 1 aliphatic heterocycles. The third-order valence-corrected chi connectivity index (χ3v) is 5.55. The number of hydrogen-bond acceptors (Lipinski definition) is 2. The van der Waals surface area contributed by atoms with Crippen LogP contribution in [0.4, 0.5) is 0 Å². The molecule has 1 amide bonds. The van der Waals surface area contributed by atoms with E-state index in [4.69, 9.17) is 5.73 Å². The van der Waals surface area contributed by atoms with Crippen LogP contribution in [0.15, 0.2) is 30.3 Å². The van der Waals surface area contributed by atoms with E-state index in [1.807, 2.05) is 4.90 Å². The van der Waals surface area contributed by atoms with E-state index in [9.17, 15) is 4.79 Å². The molecule has 0 bridgehead atoms. The van der Waals surface area contributed by atoms with Gasteiger partial charge in [-0.3, -0.25) is 4.79 Å². The number of amides is 1. The van der Waals surface area contributed by atoms with Gasteiger partial charge < -0.3 is 10.6 Å². The number of nitrogens with zero attached hydrogens (tertiary/aromatic N) is 1. The van der Waals surface area contributed by atoms with Gasteiger partial charge in [0.2, 0.25) is 5.91 Å². The van der Waals surface area contributed by atoms with Crippen LogP contribution in [-0.4, -0.2) is 30.4 Å². The molecule has 1 unspecified atom stereocenters. The summed E-state index contributed by atoms with van der Waals surface area (Å²) in [6.07, 6.45) is 6.68. The number of hydrogen-bond donors (Lipinski definition) is 1. The first-order valence-electron chi connectivity index (χ1n) is 8.79. The standard InChI is InChI=1S/C19H28N2O/c20-13-16-10-11-21(14-16)19(22)12-15-6-8-18(9-7-15)17-4-2-1-3-5-17/h1-5,15-16,18H,6-14,20H2. The topological polar surface area (TPSA) is 46.3 Å². The zero-order valence-corrected chi connectivity index (χ0v) is 13.4. The molecular formula is C19H28N2O. The van der Waals surface area contributed by atoms with Crippen LogP contribution in [0.1, 0.15) is 50.0 Å². The van der Waals surface area contributed by atoms with E-state index in [0.29, 0.717) is 30.2 Å². The number of carbonyl (C=O) groups excluding carboxylic acids is 1. The van der Waals surface area contributed by atoms with Crippen molar-refractivity contribution in [3.8, 4) is 0 Å². The fourth-order valence-electron chi connectivity index (χ4n) is 4.05. The Morgan fingerprint density at radius 1 is 1.05 bits per heavy atom. The molecule has 2 N–H and O–H groups in total. The quantitative estimate of drug-likeness (QED) is 0.928. The van der Waals surface area contributed by atoms with Crippen molar-refractivity contribution in [2.24, 2.45) is 17.6 Å². The maximum absolute atomic E-state index is 12.4. The van der Waals surface area contributed by atoms with Gasteiger partial charge in [0.15, 0.2) is 0 Å². The van der Waals surface area contributed by atoms with Crippen LogP contribution in [-0.2, 0) is 4.79 Å². The monoisotopic (exact) mass is 300 g/mol. The number of benzene rings is 1. The van der Waals surface area contributed by atoms with Gasteiger partial charge in [-0.2, -0.15) is 0 Å². The van der Waals surface area contributed by atoms with Crippen LogP contribution < -0.4 is 5.73 Å². The SMILES string of the molecule is NCC1CCN(C(=O)CC2CCC(c3ccccc3)CC2)C1. The maximum atomic E-state index is 12.4. The van der Waals surface area contributed by atoms with Crippen molar-refractivity contribution in [2.75, 3.05) is 19.6 Å². The van der Waals surface area contributed by atoms with Crippen molar-refractivity contribution >= 4 is 5.91 Å². The Morgan fingerprint density at radius 2 is 1.77 bits per heavy atom. The second-order valence-corrected chi connectivity index (χ2v) is 7.06. The Labute approximate surface area is 133 Å². The molecule has 1 aromatic carbocycles. The zero-order valence-electron chi connectivity index (χ0n) is 13.4. The van der Waals surface area contributed by atoms with Gasteiger partial charge in [-0.15, -0.1) is 0 Å². The number of rotatable bonds is 4. The van der Waals surface area contributed by atoms with E-state index >= 15 is 0 Å². The van der Waals surface area contributed by atoms with E-state index in [1.54, 1.807) is 0 Å². The van der Waals surface area contributed by atoms with Gasteiger partial charge in [-0.25, -0.2) is 0 Å². The van der Waals surface area contributed by atoms with Crippen molar-refractivity contribution in [1.29, 1.82) is 0 Å². The predicted octanol–water partition coefficient (Wildman–Crippen LogP) is 3.16. The Bertz CT molecular complexity index is 479. The summed E-state index contributed by atoms with van der Waals surface area (Å²) in [5.41, 5.74) is 7.18. The molecule has 3 nitrogen and oxygen atoms in total. The van der Waals surface area contributed by atoms with Crippen LogP contribution in [0.5, 0.6) is 0 Å². The lowest BCUT2D eigenvalue weighted by atomic mass is 9.77. The lowest BCUT2D eigenvalue weighted by Crippen LogP contribution is -2.31. The van der Waals surface area contributed by atoms with Crippen molar-refractivity contribution in [1.82, 2.24) is 4.90 Å². The highest BCUT2D eigenvalue weighted by atomic mass is 16.2. The summed E-state index contributed by atoms with van der Waals surface area (Å²) in [5, 5.41) is 0. The van der Waals surface area contributed by atoms with Gasteiger partial charge in [0.05, 0.1) is 0 Å². The number of likely N-dealkylation sites (tertiary alicyclic amines) is 1. The van der Waals surface area contributed by atoms with Crippen LogP contribution in [0, 0.1) is 11.8 Å². The summed E-state index contributed by atoms with van der Waals surface area (Å²) in [7, 11) is 0. The summed E-state index contributed by atoms with van der Waals surface area (Å²) < 4.78 is 0. The van der Waals surface area contributed by atoms with Crippen LogP contribution in [0.2, 0.25) is 0 Å². The minimum atomic E-state index is 0.360. The summed E-state index contributed by atoms with van der Waals surface area (Å²) in [5.74, 6) is 2.17. The second kappa shape index (κ2) is 7.28. The highest BCUT2D eigenvalue weighted by Crippen LogP contribution is 2.37. The molecule has 0 spiro atoms. The summed E-state index contributed by atoms with van der Waals surface area (Å²) >= 11 is 0. The molecule has 3 rings (SSSR count). The van der Waals surface area contributed by atoms with E-state index in [1.165, 1.54) is 31.2 Å². The average Bonchev–Trinajstić information content (AvgIpc) is 3.06. The van der Waals surface area contributed by atoms with Crippen molar-refractivity contribution in [3.05, 3.63) is 35.9 Å². The van der Waals surface area contributed by atoms with Crippen molar-refractivity contribution in [3.63, 3.8) is 0 Å². The lowest BCUT2D eigenvalue weighted by molar-refractivity contribution is -0.131. The number of nitrogens with two attached hydrogens (primary N) is 1. The van der Waals surface area contributed by atoms with Gasteiger partial charge in [-0.05, 0) is 62.0 Å². The van der Waals surface area contributed by atoms with E-state index in [2.05, 4.69) is 30.3 Å². The summed E-state index contributed by atoms with van der Waals surface area (Å²) in [6.45, 7) is 2.51. The minimum Gasteiger partial charge on any atom is -0.342 e. The molecule has 22 heavy (non-hydrogen) atoms. The first-order valence-corrected chi connectivity index (χ1v) is 8.79. The van der Waals surface area contributed by atoms with Gasteiger partial charge in [0, 0.05) is 19.5 Å². The molecule has 2 fully saturated rings. The van der Waals surface area contributed by atoms with Crippen LogP contribution in [0.25, 0.3) is 0 Å². The fourth-order valence-corrected chi connectivity index (χ4v) is 4.05. The molecule has 1 saturated heterocycles. The smallest absolute Gasteiger partial charge is 0.222 e.